The molecule has 5 nitrogen and oxygen atoms in total. The molecule has 2 heterocycles. The third-order valence-electron chi connectivity index (χ3n) is 3.68. The van der Waals surface area contributed by atoms with Gasteiger partial charge in [0.25, 0.3) is 0 Å². The molecule has 1 aromatic rings. The first-order valence-electron chi connectivity index (χ1n) is 7.28. The third kappa shape index (κ3) is 3.17. The lowest BCUT2D eigenvalue weighted by atomic mass is 10.2. The minimum absolute atomic E-state index is 0.294. The van der Waals surface area contributed by atoms with Crippen LogP contribution in [0.4, 0.5) is 11.6 Å². The maximum absolute atomic E-state index is 5.61. The number of nitrogens with one attached hydrogen (secondary N) is 1. The summed E-state index contributed by atoms with van der Waals surface area (Å²) in [5.74, 6) is 9.69. The molecule has 0 spiro atoms. The van der Waals surface area contributed by atoms with E-state index in [0.29, 0.717) is 11.2 Å². The van der Waals surface area contributed by atoms with Gasteiger partial charge < -0.3 is 10.3 Å². The first-order chi connectivity index (χ1) is 9.56. The van der Waals surface area contributed by atoms with Crippen molar-refractivity contribution in [1.29, 1.82) is 0 Å². The van der Waals surface area contributed by atoms with Crippen molar-refractivity contribution in [3.05, 3.63) is 11.4 Å². The summed E-state index contributed by atoms with van der Waals surface area (Å²) in [7, 11) is 0. The fourth-order valence-corrected chi connectivity index (χ4v) is 3.57. The molecule has 112 valence electrons. The standard InChI is InChI=1S/C14H25N5S/c1-5-11-8-19(6-7-20-11)14-10(4)13(18-15)16-12(17-14)9(2)3/h9,11H,5-8,15H2,1-4H3,(H,16,17,18). The predicted octanol–water partition coefficient (Wildman–Crippen LogP) is 2.53. The lowest BCUT2D eigenvalue weighted by molar-refractivity contribution is 0.702. The number of rotatable bonds is 4. The maximum atomic E-state index is 5.61. The van der Waals surface area contributed by atoms with Crippen molar-refractivity contribution in [3.63, 3.8) is 0 Å². The Kier molecular flexibility index (Phi) is 5.10. The molecule has 6 heteroatoms. The smallest absolute Gasteiger partial charge is 0.148 e. The first-order valence-corrected chi connectivity index (χ1v) is 8.33. The van der Waals surface area contributed by atoms with Gasteiger partial charge in [-0.3, -0.25) is 0 Å². The van der Waals surface area contributed by atoms with E-state index in [1.54, 1.807) is 0 Å². The Morgan fingerprint density at radius 3 is 2.80 bits per heavy atom. The highest BCUT2D eigenvalue weighted by Crippen LogP contribution is 2.30. The Bertz CT molecular complexity index is 463. The Morgan fingerprint density at radius 2 is 2.20 bits per heavy atom. The van der Waals surface area contributed by atoms with Gasteiger partial charge in [0.1, 0.15) is 17.5 Å². The summed E-state index contributed by atoms with van der Waals surface area (Å²) < 4.78 is 0. The van der Waals surface area contributed by atoms with Crippen molar-refractivity contribution in [1.82, 2.24) is 9.97 Å². The van der Waals surface area contributed by atoms with Crippen LogP contribution in [0.5, 0.6) is 0 Å². The van der Waals surface area contributed by atoms with Crippen molar-refractivity contribution in [2.45, 2.75) is 45.3 Å². The second-order valence-electron chi connectivity index (χ2n) is 5.53. The van der Waals surface area contributed by atoms with Crippen LogP contribution in [0.25, 0.3) is 0 Å². The van der Waals surface area contributed by atoms with E-state index in [1.165, 1.54) is 6.42 Å². The zero-order chi connectivity index (χ0) is 14.7. The molecular weight excluding hydrogens is 270 g/mol. The molecule has 1 saturated heterocycles. The Balaban J connectivity index is 2.36. The fraction of sp³-hybridized carbons (Fsp3) is 0.714. The van der Waals surface area contributed by atoms with Crippen molar-refractivity contribution in [3.8, 4) is 0 Å². The van der Waals surface area contributed by atoms with Crippen molar-refractivity contribution < 1.29 is 0 Å². The monoisotopic (exact) mass is 295 g/mol. The molecule has 0 saturated carbocycles. The predicted molar refractivity (Wildman–Crippen MR) is 87.4 cm³/mol. The SMILES string of the molecule is CCC1CN(c2nc(C(C)C)nc(NN)c2C)CCS1. The van der Waals surface area contributed by atoms with Crippen LogP contribution >= 0.6 is 11.8 Å². The first kappa shape index (κ1) is 15.4. The molecule has 1 unspecified atom stereocenters. The van der Waals surface area contributed by atoms with Gasteiger partial charge in [-0.25, -0.2) is 15.8 Å². The summed E-state index contributed by atoms with van der Waals surface area (Å²) in [6.45, 7) is 10.6. The van der Waals surface area contributed by atoms with Crippen molar-refractivity contribution >= 4 is 23.4 Å². The topological polar surface area (TPSA) is 67.1 Å². The number of thioether (sulfide) groups is 1. The van der Waals surface area contributed by atoms with Crippen LogP contribution < -0.4 is 16.2 Å². The molecule has 3 N–H and O–H groups in total. The van der Waals surface area contributed by atoms with Crippen molar-refractivity contribution in [2.75, 3.05) is 29.2 Å². The molecule has 2 rings (SSSR count). The number of hydrogen-bond acceptors (Lipinski definition) is 6. The number of nitrogen functional groups attached to an aromatic ring is 1. The average molecular weight is 295 g/mol. The van der Waals surface area contributed by atoms with Gasteiger partial charge in [0, 0.05) is 35.6 Å². The Morgan fingerprint density at radius 1 is 1.45 bits per heavy atom. The Labute approximate surface area is 125 Å². The molecule has 1 aliphatic heterocycles. The van der Waals surface area contributed by atoms with Gasteiger partial charge in [-0.2, -0.15) is 11.8 Å². The maximum Gasteiger partial charge on any atom is 0.148 e. The second-order valence-corrected chi connectivity index (χ2v) is 6.93. The highest BCUT2D eigenvalue weighted by Gasteiger charge is 2.23. The zero-order valence-corrected chi connectivity index (χ0v) is 13.6. The highest BCUT2D eigenvalue weighted by molar-refractivity contribution is 8.00. The largest absolute Gasteiger partial charge is 0.354 e. The molecule has 1 aromatic heterocycles. The van der Waals surface area contributed by atoms with E-state index in [1.807, 2.05) is 6.92 Å². The highest BCUT2D eigenvalue weighted by atomic mass is 32.2. The molecule has 0 bridgehead atoms. The number of nitrogens with two attached hydrogens (primary N) is 1. The van der Waals surface area contributed by atoms with E-state index in [0.717, 1.165) is 41.9 Å². The molecule has 1 aliphatic rings. The summed E-state index contributed by atoms with van der Waals surface area (Å²) in [6, 6.07) is 0. The number of nitrogens with zero attached hydrogens (tertiary/aromatic N) is 3. The summed E-state index contributed by atoms with van der Waals surface area (Å²) in [5, 5.41) is 0.690. The normalized spacial score (nSPS) is 19.5. The third-order valence-corrected chi connectivity index (χ3v) is 5.06. The van der Waals surface area contributed by atoms with Crippen LogP contribution in [0.3, 0.4) is 0 Å². The van der Waals surface area contributed by atoms with Gasteiger partial charge >= 0.3 is 0 Å². The van der Waals surface area contributed by atoms with E-state index in [-0.39, 0.29) is 0 Å². The van der Waals surface area contributed by atoms with Gasteiger partial charge in [-0.1, -0.05) is 20.8 Å². The van der Waals surface area contributed by atoms with Gasteiger partial charge in [-0.05, 0) is 13.3 Å². The molecule has 0 aliphatic carbocycles. The molecule has 1 fully saturated rings. The summed E-state index contributed by atoms with van der Waals surface area (Å²) in [5.41, 5.74) is 3.75. The lowest BCUT2D eigenvalue weighted by Crippen LogP contribution is -2.39. The van der Waals surface area contributed by atoms with Gasteiger partial charge in [-0.15, -0.1) is 0 Å². The van der Waals surface area contributed by atoms with Crippen LogP contribution in [-0.2, 0) is 0 Å². The van der Waals surface area contributed by atoms with Crippen LogP contribution in [0.1, 0.15) is 44.5 Å². The van der Waals surface area contributed by atoms with Crippen molar-refractivity contribution in [2.24, 2.45) is 5.84 Å². The number of hydrogen-bond donors (Lipinski definition) is 2. The molecule has 20 heavy (non-hydrogen) atoms. The van der Waals surface area contributed by atoms with Gasteiger partial charge in [0.15, 0.2) is 0 Å². The van der Waals surface area contributed by atoms with Crippen LogP contribution in [-0.4, -0.2) is 34.1 Å². The lowest BCUT2D eigenvalue weighted by Gasteiger charge is -2.34. The van der Waals surface area contributed by atoms with Crippen LogP contribution in [0, 0.1) is 6.92 Å². The van der Waals surface area contributed by atoms with Gasteiger partial charge in [0.05, 0.1) is 0 Å². The van der Waals surface area contributed by atoms with E-state index in [9.17, 15) is 0 Å². The summed E-state index contributed by atoms with van der Waals surface area (Å²) in [4.78, 5) is 11.7. The number of hydrazine groups is 1. The van der Waals surface area contributed by atoms with Crippen LogP contribution in [0.15, 0.2) is 0 Å². The Hall–Kier alpha value is -1.01. The summed E-state index contributed by atoms with van der Waals surface area (Å²) >= 11 is 2.06. The quantitative estimate of drug-likeness (QED) is 0.657. The number of aromatic nitrogens is 2. The van der Waals surface area contributed by atoms with E-state index >= 15 is 0 Å². The summed E-state index contributed by atoms with van der Waals surface area (Å²) in [6.07, 6.45) is 1.20. The fourth-order valence-electron chi connectivity index (χ4n) is 2.39. The molecular formula is C14H25N5S. The van der Waals surface area contributed by atoms with E-state index in [4.69, 9.17) is 10.8 Å². The second kappa shape index (κ2) is 6.63. The minimum Gasteiger partial charge on any atom is -0.354 e. The molecule has 0 radical (unpaired) electrons. The molecule has 0 amide bonds. The molecule has 0 aromatic carbocycles. The van der Waals surface area contributed by atoms with Gasteiger partial charge in [0.2, 0.25) is 0 Å². The minimum atomic E-state index is 0.294. The zero-order valence-electron chi connectivity index (χ0n) is 12.8. The van der Waals surface area contributed by atoms with Crippen LogP contribution in [0.2, 0.25) is 0 Å². The average Bonchev–Trinajstić information content (AvgIpc) is 2.47. The van der Waals surface area contributed by atoms with E-state index in [2.05, 4.69) is 47.8 Å². The molecule has 1 atom stereocenters. The van der Waals surface area contributed by atoms with E-state index < -0.39 is 0 Å². The number of anilines is 2.